The van der Waals surface area contributed by atoms with Crippen LogP contribution in [0.3, 0.4) is 0 Å². The molecule has 4 rings (SSSR count). The van der Waals surface area contributed by atoms with Gasteiger partial charge in [-0.25, -0.2) is 8.42 Å². The van der Waals surface area contributed by atoms with E-state index in [2.05, 4.69) is 5.32 Å². The van der Waals surface area contributed by atoms with E-state index in [4.69, 9.17) is 4.74 Å². The average Bonchev–Trinajstić information content (AvgIpc) is 2.56. The first kappa shape index (κ1) is 16.3. The third-order valence-corrected chi connectivity index (χ3v) is 5.90. The average molecular weight is 345 g/mol. The Morgan fingerprint density at radius 1 is 1.30 bits per heavy atom. The molecule has 3 fully saturated rings. The van der Waals surface area contributed by atoms with Gasteiger partial charge in [0.15, 0.2) is 0 Å². The minimum atomic E-state index is -4.72. The Labute approximate surface area is 132 Å². The van der Waals surface area contributed by atoms with Crippen molar-refractivity contribution in [3.05, 3.63) is 29.8 Å². The lowest BCUT2D eigenvalue weighted by atomic mass is 9.78. The van der Waals surface area contributed by atoms with Crippen LogP contribution in [0.25, 0.3) is 0 Å². The molecule has 1 aromatic rings. The molecular weight excluding hydrogens is 328 g/mol. The van der Waals surface area contributed by atoms with Crippen molar-refractivity contribution in [3.63, 3.8) is 0 Å². The van der Waals surface area contributed by atoms with Crippen LogP contribution in [0, 0.1) is 0 Å². The van der Waals surface area contributed by atoms with E-state index in [9.17, 15) is 22.0 Å². The van der Waals surface area contributed by atoms with Crippen LogP contribution in [-0.2, 0) is 14.6 Å². The first-order valence-corrected chi connectivity index (χ1v) is 8.93. The van der Waals surface area contributed by atoms with Gasteiger partial charge in [0.25, 0.3) is 5.91 Å². The van der Waals surface area contributed by atoms with Crippen molar-refractivity contribution in [2.45, 2.75) is 48.0 Å². The standard InChI is InChI=1S/C15H17F2NO4S/c16-14(17)23(20,21)12-3-1-2-10(8-12)13(19)18-15-6-4-11(5-7-15)22-9-15/h1-3,8,11,14H,4-7,9H2,(H,18,19). The van der Waals surface area contributed by atoms with E-state index in [0.717, 1.165) is 37.8 Å². The fourth-order valence-corrected chi connectivity index (χ4v) is 3.89. The Morgan fingerprint density at radius 3 is 2.57 bits per heavy atom. The fourth-order valence-electron chi connectivity index (χ4n) is 3.12. The van der Waals surface area contributed by atoms with Crippen LogP contribution in [0.4, 0.5) is 8.78 Å². The molecule has 2 saturated heterocycles. The minimum Gasteiger partial charge on any atom is -0.376 e. The summed E-state index contributed by atoms with van der Waals surface area (Å²) >= 11 is 0. The predicted octanol–water partition coefficient (Wildman–Crippen LogP) is 2.12. The van der Waals surface area contributed by atoms with Gasteiger partial charge >= 0.3 is 5.76 Å². The van der Waals surface area contributed by atoms with Crippen LogP contribution < -0.4 is 5.32 Å². The maximum Gasteiger partial charge on any atom is 0.341 e. The van der Waals surface area contributed by atoms with Crippen LogP contribution in [0.5, 0.6) is 0 Å². The van der Waals surface area contributed by atoms with Gasteiger partial charge in [-0.15, -0.1) is 0 Å². The summed E-state index contributed by atoms with van der Waals surface area (Å²) in [7, 11) is -4.72. The number of hydrogen-bond donors (Lipinski definition) is 1. The van der Waals surface area contributed by atoms with Crippen molar-refractivity contribution in [1.29, 1.82) is 0 Å². The van der Waals surface area contributed by atoms with Crippen molar-refractivity contribution in [2.24, 2.45) is 0 Å². The number of benzene rings is 1. The molecule has 0 spiro atoms. The van der Waals surface area contributed by atoms with Crippen LogP contribution in [0.15, 0.2) is 29.2 Å². The molecule has 1 saturated carbocycles. The van der Waals surface area contributed by atoms with Crippen molar-refractivity contribution in [3.8, 4) is 0 Å². The quantitative estimate of drug-likeness (QED) is 0.907. The molecule has 126 valence electrons. The number of ether oxygens (including phenoxy) is 1. The summed E-state index contributed by atoms with van der Waals surface area (Å²) in [5.74, 6) is -3.98. The first-order chi connectivity index (χ1) is 10.8. The molecule has 5 nitrogen and oxygen atoms in total. The SMILES string of the molecule is O=C(NC12CCC(CC1)OC2)c1cccc(S(=O)(=O)C(F)F)c1. The fraction of sp³-hybridized carbons (Fsp3) is 0.533. The van der Waals surface area contributed by atoms with Gasteiger partial charge in [-0.2, -0.15) is 8.78 Å². The largest absolute Gasteiger partial charge is 0.376 e. The van der Waals surface area contributed by atoms with Gasteiger partial charge in [0, 0.05) is 5.56 Å². The minimum absolute atomic E-state index is 0.0498. The van der Waals surface area contributed by atoms with Crippen LogP contribution in [0.1, 0.15) is 36.0 Å². The molecule has 1 aliphatic carbocycles. The van der Waals surface area contributed by atoms with E-state index in [1.54, 1.807) is 0 Å². The van der Waals surface area contributed by atoms with Crippen LogP contribution >= 0.6 is 0 Å². The first-order valence-electron chi connectivity index (χ1n) is 7.39. The Kier molecular flexibility index (Phi) is 4.14. The van der Waals surface area contributed by atoms with Gasteiger partial charge < -0.3 is 10.1 Å². The smallest absolute Gasteiger partial charge is 0.341 e. The molecule has 2 bridgehead atoms. The third kappa shape index (κ3) is 3.10. The summed E-state index contributed by atoms with van der Waals surface area (Å²) in [5.41, 5.74) is -0.391. The number of rotatable bonds is 4. The molecule has 2 aliphatic heterocycles. The number of fused-ring (bicyclic) bond motifs is 3. The molecule has 0 radical (unpaired) electrons. The Morgan fingerprint density at radius 2 is 2.00 bits per heavy atom. The highest BCUT2D eigenvalue weighted by Crippen LogP contribution is 2.36. The Hall–Kier alpha value is -1.54. The van der Waals surface area contributed by atoms with E-state index in [0.29, 0.717) is 6.61 Å². The number of sulfone groups is 1. The topological polar surface area (TPSA) is 72.5 Å². The zero-order chi connectivity index (χ0) is 16.7. The zero-order valence-corrected chi connectivity index (χ0v) is 13.1. The summed E-state index contributed by atoms with van der Waals surface area (Å²) in [4.78, 5) is 11.8. The molecule has 8 heteroatoms. The van der Waals surface area contributed by atoms with Crippen LogP contribution in [-0.4, -0.2) is 38.3 Å². The lowest BCUT2D eigenvalue weighted by molar-refractivity contribution is -0.0845. The summed E-state index contributed by atoms with van der Waals surface area (Å²) in [6, 6.07) is 4.75. The van der Waals surface area contributed by atoms with E-state index in [-0.39, 0.29) is 11.7 Å². The summed E-state index contributed by atoms with van der Waals surface area (Å²) in [6.45, 7) is 0.429. The molecule has 1 aromatic carbocycles. The predicted molar refractivity (Wildman–Crippen MR) is 78.0 cm³/mol. The maximum atomic E-state index is 12.6. The van der Waals surface area contributed by atoms with E-state index in [1.807, 2.05) is 0 Å². The molecule has 0 unspecified atom stereocenters. The summed E-state index contributed by atoms with van der Waals surface area (Å²) in [6.07, 6.45) is 3.62. The Bertz CT molecular complexity index is 698. The number of hydrogen-bond acceptors (Lipinski definition) is 4. The highest BCUT2D eigenvalue weighted by Gasteiger charge is 2.42. The molecule has 23 heavy (non-hydrogen) atoms. The second-order valence-electron chi connectivity index (χ2n) is 6.08. The maximum absolute atomic E-state index is 12.6. The Balaban J connectivity index is 1.80. The van der Waals surface area contributed by atoms with Crippen molar-refractivity contribution in [2.75, 3.05) is 6.61 Å². The summed E-state index contributed by atoms with van der Waals surface area (Å²) < 4.78 is 53.9. The van der Waals surface area contributed by atoms with Gasteiger partial charge in [-0.1, -0.05) is 6.07 Å². The number of amides is 1. The molecule has 3 aliphatic rings. The molecule has 1 N–H and O–H groups in total. The van der Waals surface area contributed by atoms with E-state index in [1.165, 1.54) is 12.1 Å². The van der Waals surface area contributed by atoms with Crippen molar-refractivity contribution >= 4 is 15.7 Å². The molecule has 1 amide bonds. The highest BCUT2D eigenvalue weighted by atomic mass is 32.2. The highest BCUT2D eigenvalue weighted by molar-refractivity contribution is 7.91. The van der Waals surface area contributed by atoms with Gasteiger partial charge in [-0.05, 0) is 43.9 Å². The lowest BCUT2D eigenvalue weighted by Crippen LogP contribution is -2.58. The van der Waals surface area contributed by atoms with Crippen LogP contribution in [0.2, 0.25) is 0 Å². The molecule has 0 aromatic heterocycles. The second-order valence-corrected chi connectivity index (χ2v) is 8.00. The van der Waals surface area contributed by atoms with Gasteiger partial charge in [-0.3, -0.25) is 4.79 Å². The monoisotopic (exact) mass is 345 g/mol. The molecule has 0 atom stereocenters. The number of carbonyl (C=O) groups excluding carboxylic acids is 1. The van der Waals surface area contributed by atoms with Gasteiger partial charge in [0.2, 0.25) is 9.84 Å². The van der Waals surface area contributed by atoms with Gasteiger partial charge in [0.05, 0.1) is 23.1 Å². The van der Waals surface area contributed by atoms with E-state index < -0.39 is 31.9 Å². The summed E-state index contributed by atoms with van der Waals surface area (Å²) in [5, 5.41) is 2.90. The van der Waals surface area contributed by atoms with E-state index >= 15 is 0 Å². The number of nitrogens with one attached hydrogen (secondary N) is 1. The number of carbonyl (C=O) groups is 1. The van der Waals surface area contributed by atoms with Gasteiger partial charge in [0.1, 0.15) is 0 Å². The molecule has 2 heterocycles. The van der Waals surface area contributed by atoms with Crippen molar-refractivity contribution < 1.29 is 26.7 Å². The lowest BCUT2D eigenvalue weighted by Gasteiger charge is -2.46. The zero-order valence-electron chi connectivity index (χ0n) is 12.3. The third-order valence-electron chi connectivity index (χ3n) is 4.52. The van der Waals surface area contributed by atoms with Crippen molar-refractivity contribution in [1.82, 2.24) is 5.32 Å². The molecular formula is C15H17F2NO4S. The number of alkyl halides is 2. The second kappa shape index (κ2) is 5.83. The number of halogens is 2. The normalized spacial score (nSPS) is 27.2.